The molecule has 2 aliphatic heterocycles. The molecular formula is C34H44N6O5S. The van der Waals surface area contributed by atoms with Crippen LogP contribution in [0.3, 0.4) is 0 Å². The number of piperidine rings is 1. The largest absolute Gasteiger partial charge is 0.492 e. The van der Waals surface area contributed by atoms with Crippen LogP contribution in [-0.4, -0.2) is 70.1 Å². The highest BCUT2D eigenvalue weighted by Crippen LogP contribution is 2.40. The van der Waals surface area contributed by atoms with Gasteiger partial charge in [-0.15, -0.1) is 5.10 Å². The number of rotatable bonds is 14. The number of anilines is 2. The van der Waals surface area contributed by atoms with Crippen molar-refractivity contribution in [1.82, 2.24) is 19.7 Å². The predicted molar refractivity (Wildman–Crippen MR) is 180 cm³/mol. The van der Waals surface area contributed by atoms with Gasteiger partial charge in [-0.25, -0.2) is 4.68 Å². The Kier molecular flexibility index (Phi) is 11.5. The number of carbonyl (C=O) groups excluding carboxylic acids is 2. The van der Waals surface area contributed by atoms with E-state index >= 15 is 0 Å². The van der Waals surface area contributed by atoms with Crippen LogP contribution in [0, 0.1) is 0 Å². The van der Waals surface area contributed by atoms with Crippen LogP contribution in [0.5, 0.6) is 17.2 Å². The second-order valence-corrected chi connectivity index (χ2v) is 12.2. The number of para-hydroxylation sites is 2. The van der Waals surface area contributed by atoms with Gasteiger partial charge in [0.2, 0.25) is 11.1 Å². The van der Waals surface area contributed by atoms with Gasteiger partial charge in [-0.2, -0.15) is 4.98 Å². The summed E-state index contributed by atoms with van der Waals surface area (Å²) in [5.74, 6) is 2.67. The van der Waals surface area contributed by atoms with Gasteiger partial charge in [0.1, 0.15) is 11.8 Å². The zero-order valence-corrected chi connectivity index (χ0v) is 28.0. The first-order valence-electron chi connectivity index (χ1n) is 16.2. The highest BCUT2D eigenvalue weighted by molar-refractivity contribution is 7.99. The third-order valence-electron chi connectivity index (χ3n) is 7.89. The van der Waals surface area contributed by atoms with Crippen LogP contribution in [-0.2, 0) is 9.59 Å². The number of hydrogen-bond donors (Lipinski definition) is 2. The number of amides is 2. The van der Waals surface area contributed by atoms with Crippen LogP contribution in [0.2, 0.25) is 0 Å². The minimum absolute atomic E-state index is 0.0326. The number of likely N-dealkylation sites (tertiary alicyclic amines) is 1. The smallest absolute Gasteiger partial charge is 0.260 e. The lowest BCUT2D eigenvalue weighted by Gasteiger charge is -2.29. The lowest BCUT2D eigenvalue weighted by Crippen LogP contribution is -2.38. The highest BCUT2D eigenvalue weighted by atomic mass is 32.2. The average Bonchev–Trinajstić information content (AvgIpc) is 3.47. The van der Waals surface area contributed by atoms with Crippen LogP contribution in [0.1, 0.15) is 71.4 Å². The van der Waals surface area contributed by atoms with E-state index in [1.54, 1.807) is 22.5 Å². The van der Waals surface area contributed by atoms with Crippen LogP contribution >= 0.6 is 11.8 Å². The van der Waals surface area contributed by atoms with E-state index in [1.165, 1.54) is 0 Å². The van der Waals surface area contributed by atoms with Crippen LogP contribution in [0.15, 0.2) is 58.9 Å². The Morgan fingerprint density at radius 3 is 2.50 bits per heavy atom. The van der Waals surface area contributed by atoms with E-state index in [9.17, 15) is 9.59 Å². The van der Waals surface area contributed by atoms with Crippen molar-refractivity contribution in [2.45, 2.75) is 71.0 Å². The molecule has 1 fully saturated rings. The van der Waals surface area contributed by atoms with E-state index in [0.29, 0.717) is 58.5 Å². The molecule has 0 radical (unpaired) electrons. The minimum Gasteiger partial charge on any atom is -0.492 e. The normalized spacial score (nSPS) is 16.0. The van der Waals surface area contributed by atoms with Crippen LogP contribution < -0.4 is 24.8 Å². The zero-order chi connectivity index (χ0) is 32.5. The van der Waals surface area contributed by atoms with Gasteiger partial charge in [0.25, 0.3) is 11.8 Å². The van der Waals surface area contributed by atoms with Gasteiger partial charge in [-0.3, -0.25) is 9.59 Å². The minimum atomic E-state index is -0.619. The number of fused-ring (bicyclic) bond motifs is 1. The molecule has 0 saturated carbocycles. The Morgan fingerprint density at radius 2 is 1.74 bits per heavy atom. The molecule has 1 atom stereocenters. The lowest BCUT2D eigenvalue weighted by molar-refractivity contribution is -0.134. The van der Waals surface area contributed by atoms with Crippen LogP contribution in [0.4, 0.5) is 11.6 Å². The number of nitrogens with zero attached hydrogens (tertiary/aromatic N) is 4. The molecular weight excluding hydrogens is 604 g/mol. The molecule has 1 aromatic heterocycles. The second-order valence-electron chi connectivity index (χ2n) is 11.2. The number of allylic oxidation sites excluding steroid dienone is 1. The Bertz CT molecular complexity index is 1550. The van der Waals surface area contributed by atoms with Crippen molar-refractivity contribution < 1.29 is 23.8 Å². The molecule has 5 rings (SSSR count). The molecule has 2 aliphatic rings. The summed E-state index contributed by atoms with van der Waals surface area (Å²) in [6.45, 7) is 10.1. The van der Waals surface area contributed by atoms with Crippen molar-refractivity contribution in [3.05, 3.63) is 59.3 Å². The molecule has 0 spiro atoms. The summed E-state index contributed by atoms with van der Waals surface area (Å²) in [6.07, 6.45) is 5.31. The zero-order valence-electron chi connectivity index (χ0n) is 27.1. The van der Waals surface area contributed by atoms with Gasteiger partial charge >= 0.3 is 0 Å². The topological polar surface area (TPSA) is 120 Å². The molecule has 0 aliphatic carbocycles. The van der Waals surface area contributed by atoms with E-state index in [-0.39, 0.29) is 18.4 Å². The van der Waals surface area contributed by atoms with E-state index < -0.39 is 6.04 Å². The molecule has 11 nitrogen and oxygen atoms in total. The highest BCUT2D eigenvalue weighted by Gasteiger charge is 2.35. The van der Waals surface area contributed by atoms with Gasteiger partial charge in [0.05, 0.1) is 24.5 Å². The van der Waals surface area contributed by atoms with Gasteiger partial charge in [-0.1, -0.05) is 43.3 Å². The summed E-state index contributed by atoms with van der Waals surface area (Å²) in [6, 6.07) is 12.3. The van der Waals surface area contributed by atoms with Crippen molar-refractivity contribution in [3.63, 3.8) is 0 Å². The van der Waals surface area contributed by atoms with E-state index in [2.05, 4.69) is 17.6 Å². The third-order valence-corrected chi connectivity index (χ3v) is 8.81. The van der Waals surface area contributed by atoms with E-state index in [0.717, 1.165) is 56.5 Å². The van der Waals surface area contributed by atoms with Gasteiger partial charge in [0, 0.05) is 24.5 Å². The van der Waals surface area contributed by atoms with E-state index in [1.807, 2.05) is 62.1 Å². The van der Waals surface area contributed by atoms with Crippen molar-refractivity contribution in [1.29, 1.82) is 0 Å². The maximum Gasteiger partial charge on any atom is 0.260 e. The van der Waals surface area contributed by atoms with Crippen molar-refractivity contribution in [2.24, 2.45) is 0 Å². The number of carbonyl (C=O) groups is 2. The maximum absolute atomic E-state index is 14.1. The number of hydrogen-bond acceptors (Lipinski definition) is 9. The molecule has 0 bridgehead atoms. The molecule has 2 aromatic carbocycles. The van der Waals surface area contributed by atoms with Gasteiger partial charge < -0.3 is 29.7 Å². The number of unbranched alkanes of at least 4 members (excludes halogenated alkanes) is 1. The lowest BCUT2D eigenvalue weighted by atomic mass is 9.94. The summed E-state index contributed by atoms with van der Waals surface area (Å²) in [5.41, 5.74) is 2.47. The molecule has 246 valence electrons. The fourth-order valence-corrected chi connectivity index (χ4v) is 6.51. The average molecular weight is 649 g/mol. The van der Waals surface area contributed by atoms with Gasteiger partial charge in [-0.05, 0) is 76.3 Å². The maximum atomic E-state index is 14.1. The van der Waals surface area contributed by atoms with E-state index in [4.69, 9.17) is 24.3 Å². The molecule has 3 heterocycles. The Morgan fingerprint density at radius 1 is 0.978 bits per heavy atom. The monoisotopic (exact) mass is 648 g/mol. The standard InChI is InChI=1S/C34H44N6O5S/c1-5-8-20-46-34-37-33-35-23(4)30(32(42)36-25-14-10-11-15-26(25)43-6-2)31(40(33)38-34)24-16-17-27(28(21-24)44-7-3)45-22-29(41)39-18-12-9-13-19-39/h10-11,14-17,21,31H,5-9,12-13,18-20,22H2,1-4H3,(H,36,42)(H,35,37,38). The SMILES string of the molecule is CCCCSc1nc2n(n1)C(c1ccc(OCC(=O)N3CCCCC3)c(OCC)c1)C(C(=O)Nc1ccccc1OCC)=C(C)N2. The molecule has 1 saturated heterocycles. The van der Waals surface area contributed by atoms with Crippen molar-refractivity contribution in [2.75, 3.05) is 49.3 Å². The predicted octanol–water partition coefficient (Wildman–Crippen LogP) is 6.29. The molecule has 12 heteroatoms. The Balaban J connectivity index is 1.48. The fraction of sp³-hybridized carbons (Fsp3) is 0.471. The van der Waals surface area contributed by atoms with Crippen molar-refractivity contribution in [3.8, 4) is 17.2 Å². The molecule has 1 unspecified atom stereocenters. The first-order chi connectivity index (χ1) is 22.4. The van der Waals surface area contributed by atoms with Crippen LogP contribution in [0.25, 0.3) is 0 Å². The second kappa shape index (κ2) is 15.9. The first kappa shape index (κ1) is 33.2. The molecule has 2 amide bonds. The molecule has 3 aromatic rings. The van der Waals surface area contributed by atoms with Crippen molar-refractivity contribution >= 4 is 35.2 Å². The number of thioether (sulfide) groups is 1. The summed E-state index contributed by atoms with van der Waals surface area (Å²) in [7, 11) is 0. The molecule has 2 N–H and O–H groups in total. The number of nitrogens with one attached hydrogen (secondary N) is 2. The number of ether oxygens (including phenoxy) is 3. The summed E-state index contributed by atoms with van der Waals surface area (Å²) >= 11 is 1.59. The summed E-state index contributed by atoms with van der Waals surface area (Å²) in [5, 5.41) is 11.9. The quantitative estimate of drug-likeness (QED) is 0.154. The Hall–Kier alpha value is -4.19. The summed E-state index contributed by atoms with van der Waals surface area (Å²) in [4.78, 5) is 33.6. The fourth-order valence-electron chi connectivity index (χ4n) is 5.60. The molecule has 46 heavy (non-hydrogen) atoms. The summed E-state index contributed by atoms with van der Waals surface area (Å²) < 4.78 is 19.6. The number of aromatic nitrogens is 3. The number of benzene rings is 2. The van der Waals surface area contributed by atoms with Gasteiger partial charge in [0.15, 0.2) is 18.1 Å². The Labute approximate surface area is 275 Å². The first-order valence-corrected chi connectivity index (χ1v) is 17.2. The third kappa shape index (κ3) is 7.78.